The molecule has 2 rings (SSSR count). The van der Waals surface area contributed by atoms with Gasteiger partial charge in [0.2, 0.25) is 11.8 Å². The molecule has 2 aliphatic rings. The maximum Gasteiger partial charge on any atom is 0.227 e. The summed E-state index contributed by atoms with van der Waals surface area (Å²) in [6.45, 7) is 6.06. The monoisotopic (exact) mass is 345 g/mol. The van der Waals surface area contributed by atoms with Gasteiger partial charge in [-0.15, -0.1) is 0 Å². The smallest absolute Gasteiger partial charge is 0.227 e. The number of likely N-dealkylation sites (tertiary alicyclic amines) is 1. The van der Waals surface area contributed by atoms with Crippen LogP contribution < -0.4 is 0 Å². The van der Waals surface area contributed by atoms with Crippen LogP contribution in [0.25, 0.3) is 0 Å². The summed E-state index contributed by atoms with van der Waals surface area (Å²) in [5.41, 5.74) is 0. The van der Waals surface area contributed by atoms with Gasteiger partial charge in [-0.1, -0.05) is 0 Å². The quantitative estimate of drug-likeness (QED) is 0.682. The van der Waals surface area contributed by atoms with Crippen LogP contribution in [0.1, 0.15) is 19.8 Å². The zero-order valence-electron chi connectivity index (χ0n) is 14.0. The molecule has 0 aliphatic carbocycles. The lowest BCUT2D eigenvalue weighted by Crippen LogP contribution is -2.53. The van der Waals surface area contributed by atoms with E-state index in [0.29, 0.717) is 39.3 Å². The van der Waals surface area contributed by atoms with Crippen molar-refractivity contribution in [3.8, 4) is 0 Å². The molecule has 0 aromatic heterocycles. The van der Waals surface area contributed by atoms with Gasteiger partial charge in [0.05, 0.1) is 11.7 Å². The van der Waals surface area contributed by atoms with E-state index < -0.39 is 9.84 Å². The molecule has 2 saturated heterocycles. The Morgan fingerprint density at radius 2 is 1.70 bits per heavy atom. The van der Waals surface area contributed by atoms with Gasteiger partial charge in [-0.2, -0.15) is 0 Å². The van der Waals surface area contributed by atoms with Gasteiger partial charge in [0.1, 0.15) is 9.84 Å². The lowest BCUT2D eigenvalue weighted by Gasteiger charge is -2.38. The van der Waals surface area contributed by atoms with E-state index in [9.17, 15) is 18.0 Å². The van der Waals surface area contributed by atoms with E-state index in [-0.39, 0.29) is 23.5 Å². The van der Waals surface area contributed by atoms with E-state index in [1.54, 1.807) is 11.8 Å². The molecule has 0 bridgehead atoms. The number of piperazine rings is 1. The number of hydrogen-bond acceptors (Lipinski definition) is 5. The number of rotatable bonds is 4. The molecular weight excluding hydrogens is 318 g/mol. The SMILES string of the molecule is CC(=O)N1CCC[C@H](C(=O)N2CCN(CCS(C)(=O)=O)CC2)C1. The lowest BCUT2D eigenvalue weighted by atomic mass is 9.96. The highest BCUT2D eigenvalue weighted by molar-refractivity contribution is 7.90. The Kier molecular flexibility index (Phi) is 6.02. The molecule has 1 atom stereocenters. The van der Waals surface area contributed by atoms with E-state index in [0.717, 1.165) is 19.4 Å². The van der Waals surface area contributed by atoms with E-state index >= 15 is 0 Å². The number of hydrogen-bond donors (Lipinski definition) is 0. The molecule has 7 nitrogen and oxygen atoms in total. The minimum Gasteiger partial charge on any atom is -0.342 e. The number of nitrogens with zero attached hydrogens (tertiary/aromatic N) is 3. The van der Waals surface area contributed by atoms with Crippen molar-refractivity contribution in [1.82, 2.24) is 14.7 Å². The van der Waals surface area contributed by atoms with Gasteiger partial charge in [0, 0.05) is 59.0 Å². The van der Waals surface area contributed by atoms with Crippen molar-refractivity contribution in [3.63, 3.8) is 0 Å². The molecule has 2 fully saturated rings. The lowest BCUT2D eigenvalue weighted by molar-refractivity contribution is -0.141. The average molecular weight is 345 g/mol. The fourth-order valence-corrected chi connectivity index (χ4v) is 3.80. The first kappa shape index (κ1) is 18.2. The largest absolute Gasteiger partial charge is 0.342 e. The Balaban J connectivity index is 1.80. The Labute approximate surface area is 138 Å². The molecule has 0 radical (unpaired) electrons. The molecule has 23 heavy (non-hydrogen) atoms. The highest BCUT2D eigenvalue weighted by Crippen LogP contribution is 2.19. The standard InChI is InChI=1S/C15H27N3O4S/c1-13(19)18-5-3-4-14(12-18)15(20)17-8-6-16(7-9-17)10-11-23(2,21)22/h14H,3-12H2,1-2H3/t14-/m0/s1. The second-order valence-electron chi connectivity index (χ2n) is 6.60. The Morgan fingerprint density at radius 1 is 1.04 bits per heavy atom. The fraction of sp³-hybridized carbons (Fsp3) is 0.867. The molecule has 2 heterocycles. The molecule has 2 amide bonds. The maximum atomic E-state index is 12.6. The van der Waals surface area contributed by atoms with Crippen LogP contribution in [-0.4, -0.2) is 92.8 Å². The van der Waals surface area contributed by atoms with E-state index in [1.807, 2.05) is 4.90 Å². The van der Waals surface area contributed by atoms with E-state index in [2.05, 4.69) is 4.90 Å². The summed E-state index contributed by atoms with van der Waals surface area (Å²) in [6, 6.07) is 0. The summed E-state index contributed by atoms with van der Waals surface area (Å²) in [4.78, 5) is 29.8. The number of carbonyl (C=O) groups excluding carboxylic acids is 2. The third-order valence-electron chi connectivity index (χ3n) is 4.68. The highest BCUT2D eigenvalue weighted by atomic mass is 32.2. The molecule has 0 aromatic rings. The van der Waals surface area contributed by atoms with Crippen LogP contribution in [0.4, 0.5) is 0 Å². The second-order valence-corrected chi connectivity index (χ2v) is 8.86. The predicted octanol–water partition coefficient (Wildman–Crippen LogP) is -0.566. The van der Waals surface area contributed by atoms with Crippen molar-refractivity contribution in [3.05, 3.63) is 0 Å². The third-order valence-corrected chi connectivity index (χ3v) is 5.60. The molecular formula is C15H27N3O4S. The Morgan fingerprint density at radius 3 is 2.26 bits per heavy atom. The molecule has 0 unspecified atom stereocenters. The topological polar surface area (TPSA) is 78.0 Å². The number of sulfone groups is 1. The average Bonchev–Trinajstić information content (AvgIpc) is 2.52. The van der Waals surface area contributed by atoms with Crippen LogP contribution in [0, 0.1) is 5.92 Å². The van der Waals surface area contributed by atoms with Crippen molar-refractivity contribution >= 4 is 21.7 Å². The fourth-order valence-electron chi connectivity index (χ4n) is 3.21. The van der Waals surface area contributed by atoms with Crippen molar-refractivity contribution < 1.29 is 18.0 Å². The summed E-state index contributed by atoms with van der Waals surface area (Å²) in [5.74, 6) is 0.249. The first-order valence-corrected chi connectivity index (χ1v) is 10.3. The minimum atomic E-state index is -2.94. The number of amides is 2. The minimum absolute atomic E-state index is 0.0353. The van der Waals surface area contributed by atoms with Crippen LogP contribution >= 0.6 is 0 Å². The highest BCUT2D eigenvalue weighted by Gasteiger charge is 2.31. The van der Waals surface area contributed by atoms with Crippen LogP contribution in [-0.2, 0) is 19.4 Å². The zero-order valence-corrected chi connectivity index (χ0v) is 14.8. The first-order valence-electron chi connectivity index (χ1n) is 8.20. The molecule has 0 aromatic carbocycles. The van der Waals surface area contributed by atoms with E-state index in [1.165, 1.54) is 6.26 Å². The van der Waals surface area contributed by atoms with Crippen LogP contribution in [0.2, 0.25) is 0 Å². The molecule has 0 spiro atoms. The van der Waals surface area contributed by atoms with Gasteiger partial charge in [-0.25, -0.2) is 8.42 Å². The normalized spacial score (nSPS) is 23.8. The summed E-state index contributed by atoms with van der Waals surface area (Å²) >= 11 is 0. The molecule has 0 N–H and O–H groups in total. The molecule has 0 saturated carbocycles. The Hall–Kier alpha value is -1.15. The van der Waals surface area contributed by atoms with Gasteiger partial charge in [0.25, 0.3) is 0 Å². The Bertz CT molecular complexity index is 541. The van der Waals surface area contributed by atoms with E-state index in [4.69, 9.17) is 0 Å². The molecule has 8 heteroatoms. The summed E-state index contributed by atoms with van der Waals surface area (Å²) in [7, 11) is -2.94. The molecule has 132 valence electrons. The van der Waals surface area contributed by atoms with Gasteiger partial charge >= 0.3 is 0 Å². The number of carbonyl (C=O) groups is 2. The maximum absolute atomic E-state index is 12.6. The van der Waals surface area contributed by atoms with Gasteiger partial charge in [-0.05, 0) is 12.8 Å². The van der Waals surface area contributed by atoms with Crippen molar-refractivity contribution in [1.29, 1.82) is 0 Å². The zero-order chi connectivity index (χ0) is 17.0. The first-order chi connectivity index (χ1) is 10.8. The van der Waals surface area contributed by atoms with Gasteiger partial charge in [-0.3, -0.25) is 14.5 Å². The summed E-state index contributed by atoms with van der Waals surface area (Å²) in [5, 5.41) is 0. The molecule has 2 aliphatic heterocycles. The third kappa shape index (κ3) is 5.46. The van der Waals surface area contributed by atoms with Crippen LogP contribution in [0.15, 0.2) is 0 Å². The van der Waals surface area contributed by atoms with Crippen molar-refractivity contribution in [2.45, 2.75) is 19.8 Å². The van der Waals surface area contributed by atoms with Gasteiger partial charge in [0.15, 0.2) is 0 Å². The second kappa shape index (κ2) is 7.61. The summed E-state index contributed by atoms with van der Waals surface area (Å²) in [6.07, 6.45) is 2.97. The van der Waals surface area contributed by atoms with Crippen LogP contribution in [0.5, 0.6) is 0 Å². The predicted molar refractivity (Wildman–Crippen MR) is 87.7 cm³/mol. The van der Waals surface area contributed by atoms with Gasteiger partial charge < -0.3 is 9.80 Å². The van der Waals surface area contributed by atoms with Crippen molar-refractivity contribution in [2.75, 3.05) is 57.8 Å². The summed E-state index contributed by atoms with van der Waals surface area (Å²) < 4.78 is 22.4. The number of piperidine rings is 1. The van der Waals surface area contributed by atoms with Crippen LogP contribution in [0.3, 0.4) is 0 Å². The van der Waals surface area contributed by atoms with Crippen molar-refractivity contribution in [2.24, 2.45) is 5.92 Å².